The van der Waals surface area contributed by atoms with E-state index in [1.165, 1.54) is 0 Å². The van der Waals surface area contributed by atoms with E-state index in [4.69, 9.17) is 0 Å². The van der Waals surface area contributed by atoms with Crippen LogP contribution in [-0.2, 0) is 16.4 Å². The summed E-state index contributed by atoms with van der Waals surface area (Å²) in [5, 5.41) is 0. The van der Waals surface area contributed by atoms with Crippen molar-refractivity contribution in [2.24, 2.45) is 0 Å². The van der Waals surface area contributed by atoms with Crippen LogP contribution in [0.25, 0.3) is 0 Å². The summed E-state index contributed by atoms with van der Waals surface area (Å²) in [6, 6.07) is 0.369. The second kappa shape index (κ2) is 6.78. The van der Waals surface area contributed by atoms with Crippen LogP contribution >= 0.6 is 0 Å². The largest absolute Gasteiger partial charge is 0.299 e. The SMILES string of the molecule is O=S1(=O)CCN(C2CCN(Cc3c(F)cncc3F)CC2)CC1. The number of sulfone groups is 1. The Morgan fingerprint density at radius 3 is 2.17 bits per heavy atom. The van der Waals surface area contributed by atoms with Crippen LogP contribution in [0.4, 0.5) is 8.78 Å². The van der Waals surface area contributed by atoms with Gasteiger partial charge >= 0.3 is 0 Å². The van der Waals surface area contributed by atoms with Crippen molar-refractivity contribution in [3.05, 3.63) is 29.6 Å². The molecule has 0 amide bonds. The van der Waals surface area contributed by atoms with Gasteiger partial charge in [0.2, 0.25) is 0 Å². The van der Waals surface area contributed by atoms with E-state index in [9.17, 15) is 17.2 Å². The topological polar surface area (TPSA) is 53.5 Å². The first-order valence-corrected chi connectivity index (χ1v) is 9.71. The van der Waals surface area contributed by atoms with Crippen molar-refractivity contribution in [3.8, 4) is 0 Å². The van der Waals surface area contributed by atoms with Crippen LogP contribution in [0, 0.1) is 11.6 Å². The second-order valence-corrected chi connectivity index (χ2v) is 8.58. The molecular formula is C15H21F2N3O2S. The monoisotopic (exact) mass is 345 g/mol. The highest BCUT2D eigenvalue weighted by atomic mass is 32.2. The molecular weight excluding hydrogens is 324 g/mol. The zero-order chi connectivity index (χ0) is 16.4. The third kappa shape index (κ3) is 4.05. The summed E-state index contributed by atoms with van der Waals surface area (Å²) in [5.74, 6) is -0.733. The Balaban J connectivity index is 1.53. The van der Waals surface area contributed by atoms with Crippen LogP contribution in [-0.4, -0.2) is 66.9 Å². The predicted molar refractivity (Wildman–Crippen MR) is 82.7 cm³/mol. The molecule has 5 nitrogen and oxygen atoms in total. The molecule has 0 saturated carbocycles. The smallest absolute Gasteiger partial charge is 0.152 e. The Bertz CT molecular complexity index is 626. The molecule has 1 aromatic rings. The lowest BCUT2D eigenvalue weighted by molar-refractivity contribution is 0.110. The average Bonchev–Trinajstić information content (AvgIpc) is 2.52. The third-order valence-corrected chi connectivity index (χ3v) is 6.40. The molecule has 23 heavy (non-hydrogen) atoms. The first kappa shape index (κ1) is 16.7. The molecule has 2 fully saturated rings. The zero-order valence-electron chi connectivity index (χ0n) is 12.9. The molecule has 3 rings (SSSR count). The Morgan fingerprint density at radius 1 is 1.04 bits per heavy atom. The van der Waals surface area contributed by atoms with Crippen molar-refractivity contribution in [3.63, 3.8) is 0 Å². The van der Waals surface area contributed by atoms with E-state index in [-0.39, 0.29) is 23.6 Å². The van der Waals surface area contributed by atoms with E-state index in [0.717, 1.165) is 38.3 Å². The van der Waals surface area contributed by atoms with Gasteiger partial charge in [0.1, 0.15) is 11.6 Å². The lowest BCUT2D eigenvalue weighted by Crippen LogP contribution is -2.50. The summed E-state index contributed by atoms with van der Waals surface area (Å²) in [7, 11) is -2.86. The van der Waals surface area contributed by atoms with Gasteiger partial charge in [-0.2, -0.15) is 0 Å². The fourth-order valence-electron chi connectivity index (χ4n) is 3.35. The van der Waals surface area contributed by atoms with Crippen molar-refractivity contribution >= 4 is 9.84 Å². The number of likely N-dealkylation sites (tertiary alicyclic amines) is 1. The molecule has 0 radical (unpaired) electrons. The fraction of sp³-hybridized carbons (Fsp3) is 0.667. The van der Waals surface area contributed by atoms with Crippen molar-refractivity contribution in [2.75, 3.05) is 37.7 Å². The van der Waals surface area contributed by atoms with Gasteiger partial charge in [-0.3, -0.25) is 14.8 Å². The minimum atomic E-state index is -2.86. The Hall–Kier alpha value is -1.12. The van der Waals surface area contributed by atoms with Crippen molar-refractivity contribution < 1.29 is 17.2 Å². The van der Waals surface area contributed by atoms with Crippen LogP contribution in [0.15, 0.2) is 12.4 Å². The van der Waals surface area contributed by atoms with E-state index in [2.05, 4.69) is 9.88 Å². The minimum Gasteiger partial charge on any atom is -0.299 e. The number of nitrogens with zero attached hydrogens (tertiary/aromatic N) is 3. The number of pyridine rings is 1. The van der Waals surface area contributed by atoms with Crippen molar-refractivity contribution in [2.45, 2.75) is 25.4 Å². The number of hydrogen-bond acceptors (Lipinski definition) is 5. The maximum absolute atomic E-state index is 13.7. The summed E-state index contributed by atoms with van der Waals surface area (Å²) in [6.07, 6.45) is 3.88. The van der Waals surface area contributed by atoms with Gasteiger partial charge in [0.15, 0.2) is 9.84 Å². The number of hydrogen-bond donors (Lipinski definition) is 0. The number of aromatic nitrogens is 1. The van der Waals surface area contributed by atoms with Gasteiger partial charge < -0.3 is 0 Å². The normalized spacial score (nSPS) is 23.9. The summed E-state index contributed by atoms with van der Waals surface area (Å²) >= 11 is 0. The molecule has 128 valence electrons. The minimum absolute atomic E-state index is 0.0718. The Morgan fingerprint density at radius 2 is 1.61 bits per heavy atom. The average molecular weight is 345 g/mol. The predicted octanol–water partition coefficient (Wildman–Crippen LogP) is 1.05. The van der Waals surface area contributed by atoms with Crippen LogP contribution in [0.5, 0.6) is 0 Å². The molecule has 0 N–H and O–H groups in total. The van der Waals surface area contributed by atoms with Gasteiger partial charge in [0.05, 0.1) is 23.9 Å². The molecule has 1 aromatic heterocycles. The van der Waals surface area contributed by atoms with Crippen LogP contribution in [0.3, 0.4) is 0 Å². The highest BCUT2D eigenvalue weighted by Crippen LogP contribution is 2.21. The first-order chi connectivity index (χ1) is 10.9. The molecule has 2 aliphatic rings. The maximum Gasteiger partial charge on any atom is 0.152 e. The molecule has 0 unspecified atom stereocenters. The van der Waals surface area contributed by atoms with Gasteiger partial charge in [0.25, 0.3) is 0 Å². The van der Waals surface area contributed by atoms with E-state index in [0.29, 0.717) is 19.1 Å². The van der Waals surface area contributed by atoms with E-state index in [1.807, 2.05) is 4.90 Å². The number of rotatable bonds is 3. The van der Waals surface area contributed by atoms with E-state index < -0.39 is 21.5 Å². The summed E-state index contributed by atoms with van der Waals surface area (Å²) in [4.78, 5) is 7.78. The van der Waals surface area contributed by atoms with Gasteiger partial charge in [0, 0.05) is 31.2 Å². The van der Waals surface area contributed by atoms with Gasteiger partial charge in [-0.05, 0) is 25.9 Å². The molecule has 3 heterocycles. The summed E-state index contributed by atoms with van der Waals surface area (Å²) in [5.41, 5.74) is 0.0718. The quantitative estimate of drug-likeness (QED) is 0.820. The molecule has 2 aliphatic heterocycles. The molecule has 0 spiro atoms. The Kier molecular flexibility index (Phi) is 4.93. The Labute approximate surface area is 135 Å². The van der Waals surface area contributed by atoms with Gasteiger partial charge in [-0.15, -0.1) is 0 Å². The van der Waals surface area contributed by atoms with Gasteiger partial charge in [-0.25, -0.2) is 17.2 Å². The van der Waals surface area contributed by atoms with Crippen LogP contribution in [0.1, 0.15) is 18.4 Å². The third-order valence-electron chi connectivity index (χ3n) is 4.79. The van der Waals surface area contributed by atoms with Crippen molar-refractivity contribution in [1.29, 1.82) is 0 Å². The molecule has 0 atom stereocenters. The zero-order valence-corrected chi connectivity index (χ0v) is 13.7. The molecule has 2 saturated heterocycles. The first-order valence-electron chi connectivity index (χ1n) is 7.89. The lowest BCUT2D eigenvalue weighted by atomic mass is 10.0. The van der Waals surface area contributed by atoms with E-state index in [1.54, 1.807) is 0 Å². The van der Waals surface area contributed by atoms with Crippen LogP contribution in [0.2, 0.25) is 0 Å². The highest BCUT2D eigenvalue weighted by molar-refractivity contribution is 7.91. The number of piperidine rings is 1. The molecule has 0 aliphatic carbocycles. The highest BCUT2D eigenvalue weighted by Gasteiger charge is 2.30. The lowest BCUT2D eigenvalue weighted by Gasteiger charge is -2.40. The van der Waals surface area contributed by atoms with Crippen LogP contribution < -0.4 is 0 Å². The molecule has 0 bridgehead atoms. The number of halogens is 2. The summed E-state index contributed by atoms with van der Waals surface area (Å²) in [6.45, 7) is 2.97. The summed E-state index contributed by atoms with van der Waals surface area (Å²) < 4.78 is 50.3. The fourth-order valence-corrected chi connectivity index (χ4v) is 4.58. The van der Waals surface area contributed by atoms with Crippen molar-refractivity contribution in [1.82, 2.24) is 14.8 Å². The van der Waals surface area contributed by atoms with Gasteiger partial charge in [-0.1, -0.05) is 0 Å². The molecule has 8 heteroatoms. The molecule has 0 aromatic carbocycles. The standard InChI is InChI=1S/C15H21F2N3O2S/c16-14-9-18-10-15(17)13(14)11-19-3-1-12(2-4-19)20-5-7-23(21,22)8-6-20/h9-10,12H,1-8,11H2. The second-order valence-electron chi connectivity index (χ2n) is 6.28. The maximum atomic E-state index is 13.7. The van der Waals surface area contributed by atoms with E-state index >= 15 is 0 Å².